The molecule has 0 aromatic heterocycles. The van der Waals surface area contributed by atoms with Crippen molar-refractivity contribution in [3.05, 3.63) is 24.3 Å². The lowest BCUT2D eigenvalue weighted by Gasteiger charge is -2.23. The van der Waals surface area contributed by atoms with Gasteiger partial charge in [0.2, 0.25) is 5.91 Å². The van der Waals surface area contributed by atoms with E-state index in [-0.39, 0.29) is 6.10 Å². The van der Waals surface area contributed by atoms with Crippen molar-refractivity contribution in [2.24, 2.45) is 0 Å². The molecule has 1 heterocycles. The molecule has 0 bridgehead atoms. The number of ether oxygens (including phenoxy) is 2. The molecule has 1 aromatic carbocycles. The second kappa shape index (κ2) is 7.79. The predicted molar refractivity (Wildman–Crippen MR) is 88.5 cm³/mol. The Labute approximate surface area is 137 Å². The molecular weight excluding hydrogens is 318 g/mol. The summed E-state index contributed by atoms with van der Waals surface area (Å²) < 4.78 is 34.3. The molecule has 1 saturated heterocycles. The minimum atomic E-state index is -3.44. The number of anilines is 1. The van der Waals surface area contributed by atoms with E-state index in [1.807, 2.05) is 0 Å². The Morgan fingerprint density at radius 1 is 1.39 bits per heavy atom. The molecule has 0 radical (unpaired) electrons. The maximum atomic E-state index is 12.0. The van der Waals surface area contributed by atoms with Gasteiger partial charge in [-0.15, -0.1) is 0 Å². The Hall–Kier alpha value is -1.60. The topological polar surface area (TPSA) is 81.7 Å². The number of carbonyl (C=O) groups excluding carboxylic acids is 1. The SMILES string of the molecule is C[C@H](C(=O)Nc1ccccc1OC[C@@H]1CCCCO1)S(C)(=O)=O. The van der Waals surface area contributed by atoms with E-state index in [0.717, 1.165) is 32.1 Å². The number of carbonyl (C=O) groups is 1. The first-order valence-corrected chi connectivity index (χ1v) is 9.66. The monoisotopic (exact) mass is 341 g/mol. The van der Waals surface area contributed by atoms with Crippen LogP contribution in [0.25, 0.3) is 0 Å². The Balaban J connectivity index is 2.00. The zero-order valence-electron chi connectivity index (χ0n) is 13.4. The zero-order chi connectivity index (χ0) is 16.9. The summed E-state index contributed by atoms with van der Waals surface area (Å²) in [6, 6.07) is 6.98. The van der Waals surface area contributed by atoms with Gasteiger partial charge in [0.1, 0.15) is 17.6 Å². The van der Waals surface area contributed by atoms with Crippen LogP contribution in [0.4, 0.5) is 5.69 Å². The third-order valence-electron chi connectivity index (χ3n) is 3.86. The van der Waals surface area contributed by atoms with Crippen molar-refractivity contribution in [1.82, 2.24) is 0 Å². The van der Waals surface area contributed by atoms with Gasteiger partial charge in [-0.2, -0.15) is 0 Å². The molecule has 0 aliphatic carbocycles. The lowest BCUT2D eigenvalue weighted by molar-refractivity contribution is -0.115. The standard InChI is InChI=1S/C16H23NO5S/c1-12(23(2,19)20)16(18)17-14-8-3-4-9-15(14)22-11-13-7-5-6-10-21-13/h3-4,8-9,12-13H,5-7,10-11H2,1-2H3,(H,17,18)/t12-,13+/m1/s1. The summed E-state index contributed by atoms with van der Waals surface area (Å²) in [5, 5.41) is 1.51. The molecule has 7 heteroatoms. The quantitative estimate of drug-likeness (QED) is 0.856. The Bertz CT molecular complexity index is 638. The van der Waals surface area contributed by atoms with Gasteiger partial charge < -0.3 is 14.8 Å². The summed E-state index contributed by atoms with van der Waals surface area (Å²) in [4.78, 5) is 12.0. The first kappa shape index (κ1) is 17.7. The van der Waals surface area contributed by atoms with Gasteiger partial charge in [-0.05, 0) is 38.3 Å². The number of para-hydroxylation sites is 2. The van der Waals surface area contributed by atoms with E-state index in [4.69, 9.17) is 9.47 Å². The van der Waals surface area contributed by atoms with Crippen molar-refractivity contribution in [2.45, 2.75) is 37.5 Å². The summed E-state index contributed by atoms with van der Waals surface area (Å²) >= 11 is 0. The zero-order valence-corrected chi connectivity index (χ0v) is 14.3. The van der Waals surface area contributed by atoms with Crippen molar-refractivity contribution >= 4 is 21.4 Å². The molecule has 23 heavy (non-hydrogen) atoms. The fourth-order valence-electron chi connectivity index (χ4n) is 2.25. The van der Waals surface area contributed by atoms with Crippen LogP contribution in [0.3, 0.4) is 0 Å². The molecule has 1 N–H and O–H groups in total. The third-order valence-corrected chi connectivity index (χ3v) is 5.35. The minimum absolute atomic E-state index is 0.0578. The highest BCUT2D eigenvalue weighted by molar-refractivity contribution is 7.92. The molecule has 128 valence electrons. The van der Waals surface area contributed by atoms with Crippen LogP contribution in [-0.4, -0.2) is 45.1 Å². The first-order valence-electron chi connectivity index (χ1n) is 7.71. The average molecular weight is 341 g/mol. The number of nitrogens with one attached hydrogen (secondary N) is 1. The molecule has 1 amide bonds. The number of hydrogen-bond acceptors (Lipinski definition) is 5. The number of rotatable bonds is 6. The smallest absolute Gasteiger partial charge is 0.242 e. The maximum Gasteiger partial charge on any atom is 0.242 e. The van der Waals surface area contributed by atoms with Crippen LogP contribution in [0.1, 0.15) is 26.2 Å². The molecule has 0 unspecified atom stereocenters. The molecule has 2 rings (SSSR count). The van der Waals surface area contributed by atoms with Crippen molar-refractivity contribution in [1.29, 1.82) is 0 Å². The van der Waals surface area contributed by atoms with Gasteiger partial charge in [-0.3, -0.25) is 4.79 Å². The van der Waals surface area contributed by atoms with Crippen LogP contribution in [0.15, 0.2) is 24.3 Å². The lowest BCUT2D eigenvalue weighted by Crippen LogP contribution is -2.32. The van der Waals surface area contributed by atoms with Crippen LogP contribution in [0.5, 0.6) is 5.75 Å². The maximum absolute atomic E-state index is 12.0. The van der Waals surface area contributed by atoms with E-state index < -0.39 is 21.0 Å². The van der Waals surface area contributed by atoms with Gasteiger partial charge in [0.25, 0.3) is 0 Å². The Morgan fingerprint density at radius 2 is 2.13 bits per heavy atom. The summed E-state index contributed by atoms with van der Waals surface area (Å²) in [5.74, 6) is -0.0619. The van der Waals surface area contributed by atoms with Gasteiger partial charge in [-0.25, -0.2) is 8.42 Å². The second-order valence-corrected chi connectivity index (χ2v) is 8.12. The number of hydrogen-bond donors (Lipinski definition) is 1. The fourth-order valence-corrected chi connectivity index (χ4v) is 2.69. The van der Waals surface area contributed by atoms with E-state index in [0.29, 0.717) is 18.0 Å². The normalized spacial score (nSPS) is 19.8. The van der Waals surface area contributed by atoms with Gasteiger partial charge in [0.05, 0.1) is 11.8 Å². The van der Waals surface area contributed by atoms with Gasteiger partial charge in [0.15, 0.2) is 9.84 Å². The van der Waals surface area contributed by atoms with E-state index in [2.05, 4.69) is 5.32 Å². The molecular formula is C16H23NO5S. The summed E-state index contributed by atoms with van der Waals surface area (Å²) in [7, 11) is -3.44. The Kier molecular flexibility index (Phi) is 6.01. The van der Waals surface area contributed by atoms with Crippen LogP contribution < -0.4 is 10.1 Å². The van der Waals surface area contributed by atoms with E-state index in [1.165, 1.54) is 6.92 Å². The van der Waals surface area contributed by atoms with Crippen LogP contribution >= 0.6 is 0 Å². The molecule has 1 aliphatic heterocycles. The third kappa shape index (κ3) is 5.21. The first-order chi connectivity index (χ1) is 10.9. The van der Waals surface area contributed by atoms with Gasteiger partial charge in [-0.1, -0.05) is 12.1 Å². The highest BCUT2D eigenvalue weighted by atomic mass is 32.2. The summed E-state index contributed by atoms with van der Waals surface area (Å²) in [5.41, 5.74) is 0.462. The molecule has 0 spiro atoms. The Morgan fingerprint density at radius 3 is 2.78 bits per heavy atom. The number of sulfone groups is 1. The molecule has 1 fully saturated rings. The molecule has 6 nitrogen and oxygen atoms in total. The molecule has 1 aliphatic rings. The number of benzene rings is 1. The van der Waals surface area contributed by atoms with Crippen molar-refractivity contribution in [3.8, 4) is 5.75 Å². The summed E-state index contributed by atoms with van der Waals surface area (Å²) in [6.07, 6.45) is 4.26. The summed E-state index contributed by atoms with van der Waals surface area (Å²) in [6.45, 7) is 2.52. The number of amides is 1. The van der Waals surface area contributed by atoms with Crippen molar-refractivity contribution in [2.75, 3.05) is 24.8 Å². The average Bonchev–Trinajstić information content (AvgIpc) is 2.53. The molecule has 0 saturated carbocycles. The molecule has 1 aromatic rings. The van der Waals surface area contributed by atoms with E-state index in [1.54, 1.807) is 24.3 Å². The predicted octanol–water partition coefficient (Wildman–Crippen LogP) is 2.01. The lowest BCUT2D eigenvalue weighted by atomic mass is 10.1. The second-order valence-electron chi connectivity index (χ2n) is 5.76. The van der Waals surface area contributed by atoms with Crippen LogP contribution in [0, 0.1) is 0 Å². The van der Waals surface area contributed by atoms with Gasteiger partial charge >= 0.3 is 0 Å². The minimum Gasteiger partial charge on any atom is -0.489 e. The van der Waals surface area contributed by atoms with Crippen molar-refractivity contribution < 1.29 is 22.7 Å². The van der Waals surface area contributed by atoms with Crippen LogP contribution in [0.2, 0.25) is 0 Å². The van der Waals surface area contributed by atoms with E-state index in [9.17, 15) is 13.2 Å². The molecule has 2 atom stereocenters. The van der Waals surface area contributed by atoms with Crippen molar-refractivity contribution in [3.63, 3.8) is 0 Å². The highest BCUT2D eigenvalue weighted by Gasteiger charge is 2.24. The highest BCUT2D eigenvalue weighted by Crippen LogP contribution is 2.25. The van der Waals surface area contributed by atoms with E-state index >= 15 is 0 Å². The largest absolute Gasteiger partial charge is 0.489 e. The van der Waals surface area contributed by atoms with Gasteiger partial charge in [0, 0.05) is 12.9 Å². The van der Waals surface area contributed by atoms with Crippen LogP contribution in [-0.2, 0) is 19.4 Å². The fraction of sp³-hybridized carbons (Fsp3) is 0.562.